The number of nitrogens with two attached hydrogens (primary N) is 1. The largest absolute Gasteiger partial charge is 0.500 e. The number of unbranched alkanes of at least 4 members (excludes halogenated alkanes) is 1. The maximum atomic E-state index is 11.0. The minimum absolute atomic E-state index is 0.185. The van der Waals surface area contributed by atoms with Crippen LogP contribution >= 0.6 is 0 Å². The highest BCUT2D eigenvalue weighted by Gasteiger charge is 2.37. The van der Waals surface area contributed by atoms with E-state index in [2.05, 4.69) is 34.3 Å². The zero-order valence-corrected chi connectivity index (χ0v) is 38.5. The van der Waals surface area contributed by atoms with Gasteiger partial charge >= 0.3 is 17.6 Å². The topological polar surface area (TPSA) is 200 Å². The molecule has 0 amide bonds. The SMILES string of the molecule is CCCCC(CC)COCC(O)CN(CCNCCN)CCN(CCNCC(O)COCCC[Si](OC)(OC)OC)CC(O)COCCC[Si](OC)(OC)OC. The van der Waals surface area contributed by atoms with Gasteiger partial charge in [0.05, 0.1) is 38.1 Å². The van der Waals surface area contributed by atoms with Gasteiger partial charge in [-0.25, -0.2) is 0 Å². The Labute approximate surface area is 342 Å². The van der Waals surface area contributed by atoms with E-state index in [4.69, 9.17) is 46.5 Å². The van der Waals surface area contributed by atoms with E-state index < -0.39 is 35.9 Å². The lowest BCUT2D eigenvalue weighted by Gasteiger charge is -2.30. The monoisotopic (exact) mass is 848 g/mol. The Morgan fingerprint density at radius 1 is 0.571 bits per heavy atom. The highest BCUT2D eigenvalue weighted by Crippen LogP contribution is 2.16. The lowest BCUT2D eigenvalue weighted by Crippen LogP contribution is -2.46. The van der Waals surface area contributed by atoms with Crippen LogP contribution in [0.15, 0.2) is 0 Å². The van der Waals surface area contributed by atoms with Crippen LogP contribution in [0.25, 0.3) is 0 Å². The van der Waals surface area contributed by atoms with Crippen LogP contribution in [-0.2, 0) is 40.8 Å². The number of nitrogens with zero attached hydrogens (tertiary/aromatic N) is 2. The van der Waals surface area contributed by atoms with Crippen LogP contribution in [0.4, 0.5) is 0 Å². The Hall–Kier alpha value is -0.246. The van der Waals surface area contributed by atoms with E-state index in [1.54, 1.807) is 42.7 Å². The molecule has 0 saturated carbocycles. The number of aliphatic hydroxyl groups excluding tert-OH is 3. The molecule has 0 bridgehead atoms. The van der Waals surface area contributed by atoms with Gasteiger partial charge in [0.1, 0.15) is 0 Å². The molecule has 19 heteroatoms. The molecule has 0 rings (SSSR count). The Balaban J connectivity index is 5.22. The van der Waals surface area contributed by atoms with Crippen LogP contribution in [0.2, 0.25) is 12.1 Å². The maximum Gasteiger partial charge on any atom is 0.500 e. The van der Waals surface area contributed by atoms with Gasteiger partial charge in [-0.1, -0.05) is 33.1 Å². The van der Waals surface area contributed by atoms with Crippen molar-refractivity contribution >= 4 is 17.6 Å². The van der Waals surface area contributed by atoms with E-state index >= 15 is 0 Å². The molecule has 0 aliphatic carbocycles. The first-order valence-electron chi connectivity index (χ1n) is 20.7. The predicted octanol–water partition coefficient (Wildman–Crippen LogP) is 0.614. The van der Waals surface area contributed by atoms with E-state index in [0.717, 1.165) is 32.5 Å². The number of ether oxygens (including phenoxy) is 3. The van der Waals surface area contributed by atoms with Gasteiger partial charge in [0, 0.05) is 147 Å². The Kier molecular flexibility index (Phi) is 36.4. The molecule has 0 radical (unpaired) electrons. The summed E-state index contributed by atoms with van der Waals surface area (Å²) in [5.74, 6) is 0.516. The molecule has 0 aromatic rings. The third-order valence-corrected chi connectivity index (χ3v) is 15.5. The van der Waals surface area contributed by atoms with Gasteiger partial charge < -0.3 is 72.5 Å². The number of aliphatic hydroxyl groups is 3. The summed E-state index contributed by atoms with van der Waals surface area (Å²) >= 11 is 0. The van der Waals surface area contributed by atoms with Crippen molar-refractivity contribution in [3.8, 4) is 0 Å². The average Bonchev–Trinajstić information content (AvgIpc) is 3.21. The summed E-state index contributed by atoms with van der Waals surface area (Å²) in [5, 5.41) is 39.2. The third kappa shape index (κ3) is 27.5. The molecular formula is C37H85N5O12Si2. The van der Waals surface area contributed by atoms with Crippen molar-refractivity contribution in [2.24, 2.45) is 11.7 Å². The highest BCUT2D eigenvalue weighted by molar-refractivity contribution is 6.60. The second-order valence-corrected chi connectivity index (χ2v) is 20.4. The van der Waals surface area contributed by atoms with E-state index in [-0.39, 0.29) is 13.2 Å². The van der Waals surface area contributed by atoms with Crippen LogP contribution in [0.3, 0.4) is 0 Å². The summed E-state index contributed by atoms with van der Waals surface area (Å²) in [6.07, 6.45) is 3.96. The molecule has 4 unspecified atom stereocenters. The summed E-state index contributed by atoms with van der Waals surface area (Å²) in [6, 6.07) is 1.24. The number of hydrogen-bond acceptors (Lipinski definition) is 17. The lowest BCUT2D eigenvalue weighted by atomic mass is 10.0. The Bertz CT molecular complexity index is 845. The fourth-order valence-electron chi connectivity index (χ4n) is 6.20. The Morgan fingerprint density at radius 3 is 1.48 bits per heavy atom. The van der Waals surface area contributed by atoms with Gasteiger partial charge in [-0.05, 0) is 25.2 Å². The van der Waals surface area contributed by atoms with Crippen molar-refractivity contribution in [1.82, 2.24) is 20.4 Å². The van der Waals surface area contributed by atoms with Crippen LogP contribution < -0.4 is 16.4 Å². The highest BCUT2D eigenvalue weighted by atomic mass is 28.4. The minimum atomic E-state index is -2.68. The lowest BCUT2D eigenvalue weighted by molar-refractivity contribution is -0.00159. The average molecular weight is 848 g/mol. The zero-order chi connectivity index (χ0) is 41.9. The summed E-state index contributed by atoms with van der Waals surface area (Å²) in [5.41, 5.74) is 5.69. The summed E-state index contributed by atoms with van der Waals surface area (Å²) < 4.78 is 50.3. The molecule has 56 heavy (non-hydrogen) atoms. The van der Waals surface area contributed by atoms with E-state index in [1.807, 2.05) is 0 Å². The normalized spacial score (nSPS) is 14.9. The van der Waals surface area contributed by atoms with Crippen molar-refractivity contribution < 1.29 is 56.1 Å². The van der Waals surface area contributed by atoms with Crippen molar-refractivity contribution in [3.63, 3.8) is 0 Å². The van der Waals surface area contributed by atoms with Gasteiger partial charge in [0.2, 0.25) is 0 Å². The fourth-order valence-corrected chi connectivity index (χ4v) is 9.58. The zero-order valence-electron chi connectivity index (χ0n) is 36.5. The number of rotatable bonds is 43. The molecule has 0 aliphatic rings. The van der Waals surface area contributed by atoms with Crippen LogP contribution in [0, 0.1) is 5.92 Å². The number of hydrogen-bond donors (Lipinski definition) is 6. The number of nitrogens with one attached hydrogen (secondary N) is 2. The quantitative estimate of drug-likeness (QED) is 0.0368. The Morgan fingerprint density at radius 2 is 1.04 bits per heavy atom. The van der Waals surface area contributed by atoms with Crippen molar-refractivity contribution in [2.45, 2.75) is 82.8 Å². The first-order chi connectivity index (χ1) is 27.0. The summed E-state index contributed by atoms with van der Waals surface area (Å²) in [6.45, 7) is 13.2. The molecule has 0 fully saturated rings. The molecule has 0 aromatic carbocycles. The molecule has 338 valence electrons. The fraction of sp³-hybridized carbons (Fsp3) is 1.00. The van der Waals surface area contributed by atoms with Gasteiger partial charge in [-0.3, -0.25) is 9.80 Å². The second-order valence-electron chi connectivity index (χ2n) is 14.2. The van der Waals surface area contributed by atoms with Gasteiger partial charge in [-0.15, -0.1) is 0 Å². The molecule has 17 nitrogen and oxygen atoms in total. The first-order valence-corrected chi connectivity index (χ1v) is 24.6. The third-order valence-electron chi connectivity index (χ3n) is 9.82. The van der Waals surface area contributed by atoms with Crippen molar-refractivity contribution in [2.75, 3.05) is 154 Å². The summed E-state index contributed by atoms with van der Waals surface area (Å²) in [4.78, 5) is 4.41. The van der Waals surface area contributed by atoms with Crippen LogP contribution in [-0.4, -0.2) is 215 Å². The second kappa shape index (κ2) is 36.6. The van der Waals surface area contributed by atoms with E-state index in [0.29, 0.717) is 110 Å². The molecule has 7 N–H and O–H groups in total. The van der Waals surface area contributed by atoms with Gasteiger partial charge in [-0.2, -0.15) is 0 Å². The molecule has 4 atom stereocenters. The van der Waals surface area contributed by atoms with Crippen LogP contribution in [0.1, 0.15) is 52.4 Å². The van der Waals surface area contributed by atoms with Crippen molar-refractivity contribution in [3.05, 3.63) is 0 Å². The molecule has 0 aliphatic heterocycles. The molecule has 0 aromatic heterocycles. The van der Waals surface area contributed by atoms with Crippen LogP contribution in [0.5, 0.6) is 0 Å². The molecule has 0 saturated heterocycles. The van der Waals surface area contributed by atoms with Crippen molar-refractivity contribution in [1.29, 1.82) is 0 Å². The van der Waals surface area contributed by atoms with Gasteiger partial charge in [0.25, 0.3) is 0 Å². The molecule has 0 spiro atoms. The first kappa shape index (κ1) is 55.8. The smallest absolute Gasteiger partial charge is 0.389 e. The van der Waals surface area contributed by atoms with Gasteiger partial charge in [0.15, 0.2) is 0 Å². The molecular weight excluding hydrogens is 763 g/mol. The van der Waals surface area contributed by atoms with E-state index in [9.17, 15) is 15.3 Å². The minimum Gasteiger partial charge on any atom is -0.389 e. The summed E-state index contributed by atoms with van der Waals surface area (Å²) in [7, 11) is 4.22. The molecule has 0 heterocycles. The standard InChI is InChI=1S/C37H85N5O12Si2/c1-9-11-14-34(10-2)30-54-33-37(45)29-41(19-17-39-16-15-38)21-22-42(28-36(44)32-53-24-13-26-56(49-6,50-7)51-8)20-18-40-27-35(43)31-52-23-12-25-55(46-3,47-4)48-5/h34-37,39-40,43-45H,9-33,38H2,1-8H3. The predicted molar refractivity (Wildman–Crippen MR) is 224 cm³/mol. The maximum absolute atomic E-state index is 11.0. The van der Waals surface area contributed by atoms with E-state index in [1.165, 1.54) is 12.8 Å².